The number of hydrogen-bond donors (Lipinski definition) is 1. The van der Waals surface area contributed by atoms with Crippen LogP contribution in [0.5, 0.6) is 0 Å². The zero-order valence-electron chi connectivity index (χ0n) is 14.2. The molecule has 1 aromatic carbocycles. The second-order valence-corrected chi connectivity index (χ2v) is 8.52. The molecule has 138 valence electrons. The van der Waals surface area contributed by atoms with Crippen molar-refractivity contribution in [3.8, 4) is 0 Å². The Kier molecular flexibility index (Phi) is 5.96. The van der Waals surface area contributed by atoms with Gasteiger partial charge < -0.3 is 15.1 Å². The Balaban J connectivity index is 2.10. The van der Waals surface area contributed by atoms with Gasteiger partial charge in [0, 0.05) is 37.0 Å². The van der Waals surface area contributed by atoms with Gasteiger partial charge in [-0.2, -0.15) is 0 Å². The molecule has 25 heavy (non-hydrogen) atoms. The Morgan fingerprint density at radius 1 is 1.28 bits per heavy atom. The third-order valence-electron chi connectivity index (χ3n) is 4.03. The lowest BCUT2D eigenvalue weighted by atomic mass is 10.2. The number of hydrogen-bond acceptors (Lipinski definition) is 6. The molecule has 0 aliphatic carbocycles. The van der Waals surface area contributed by atoms with Crippen LogP contribution in [0.3, 0.4) is 0 Å². The summed E-state index contributed by atoms with van der Waals surface area (Å²) in [5.74, 6) is 0.0506. The molecule has 0 bridgehead atoms. The number of likely N-dealkylation sites (N-methyl/N-ethyl adjacent to an activating group) is 1. The van der Waals surface area contributed by atoms with Crippen molar-refractivity contribution in [3.63, 3.8) is 0 Å². The molecule has 1 aliphatic rings. The summed E-state index contributed by atoms with van der Waals surface area (Å²) in [4.78, 5) is 26.2. The summed E-state index contributed by atoms with van der Waals surface area (Å²) in [5.41, 5.74) is 0.357. The van der Waals surface area contributed by atoms with Gasteiger partial charge in [0.1, 0.15) is 0 Å². The van der Waals surface area contributed by atoms with Gasteiger partial charge in [-0.1, -0.05) is 0 Å². The Morgan fingerprint density at radius 2 is 1.92 bits per heavy atom. The van der Waals surface area contributed by atoms with E-state index in [4.69, 9.17) is 0 Å². The van der Waals surface area contributed by atoms with Gasteiger partial charge >= 0.3 is 6.03 Å². The second-order valence-electron chi connectivity index (χ2n) is 6.29. The number of carbonyl (C=O) groups is 1. The van der Waals surface area contributed by atoms with Crippen LogP contribution < -0.4 is 5.32 Å². The highest BCUT2D eigenvalue weighted by Gasteiger charge is 2.34. The topological polar surface area (TPSA) is 113 Å². The molecule has 1 N–H and O–H groups in total. The molecule has 1 fully saturated rings. The fourth-order valence-electron chi connectivity index (χ4n) is 2.64. The first-order valence-corrected chi connectivity index (χ1v) is 9.67. The maximum absolute atomic E-state index is 12.6. The van der Waals surface area contributed by atoms with Crippen molar-refractivity contribution < 1.29 is 18.1 Å². The first kappa shape index (κ1) is 19.1. The van der Waals surface area contributed by atoms with Gasteiger partial charge in [-0.05, 0) is 32.6 Å². The number of rotatable bonds is 6. The average Bonchev–Trinajstić information content (AvgIpc) is 2.87. The van der Waals surface area contributed by atoms with Crippen molar-refractivity contribution in [1.82, 2.24) is 9.80 Å². The maximum Gasteiger partial charge on any atom is 0.322 e. The first-order chi connectivity index (χ1) is 11.7. The van der Waals surface area contributed by atoms with E-state index in [-0.39, 0.29) is 23.2 Å². The fourth-order valence-corrected chi connectivity index (χ4v) is 4.37. The van der Waals surface area contributed by atoms with Gasteiger partial charge in [-0.15, -0.1) is 0 Å². The average molecular weight is 370 g/mol. The predicted molar refractivity (Wildman–Crippen MR) is 94.4 cm³/mol. The SMILES string of the molecule is CN(C)CCN(C(=O)Nc1ccc([N+](=O)[O-])cc1)[C@H]1CCS(=O)(=O)C1. The minimum atomic E-state index is -3.11. The zero-order valence-corrected chi connectivity index (χ0v) is 15.0. The molecule has 0 saturated carbocycles. The van der Waals surface area contributed by atoms with Crippen LogP contribution in [-0.4, -0.2) is 73.9 Å². The summed E-state index contributed by atoms with van der Waals surface area (Å²) in [5, 5.41) is 13.4. The molecule has 0 radical (unpaired) electrons. The van der Waals surface area contributed by atoms with Gasteiger partial charge in [0.25, 0.3) is 5.69 Å². The molecular formula is C15H22N4O5S. The van der Waals surface area contributed by atoms with Gasteiger partial charge in [-0.3, -0.25) is 10.1 Å². The first-order valence-electron chi connectivity index (χ1n) is 7.85. The van der Waals surface area contributed by atoms with Gasteiger partial charge in [0.15, 0.2) is 9.84 Å². The standard InChI is InChI=1S/C15H22N4O5S/c1-17(2)8-9-18(14-7-10-25(23,24)11-14)15(20)16-12-3-5-13(6-4-12)19(21)22/h3-6,14H,7-11H2,1-2H3,(H,16,20)/t14-/m0/s1. The van der Waals surface area contributed by atoms with Crippen molar-refractivity contribution in [2.24, 2.45) is 0 Å². The van der Waals surface area contributed by atoms with Crippen LogP contribution >= 0.6 is 0 Å². The molecule has 1 atom stereocenters. The number of benzene rings is 1. The van der Waals surface area contributed by atoms with E-state index < -0.39 is 20.8 Å². The molecule has 2 amide bonds. The van der Waals surface area contributed by atoms with E-state index in [1.807, 2.05) is 19.0 Å². The monoisotopic (exact) mass is 370 g/mol. The number of anilines is 1. The van der Waals surface area contributed by atoms with Crippen LogP contribution in [0.2, 0.25) is 0 Å². The second kappa shape index (κ2) is 7.79. The number of nitrogens with one attached hydrogen (secondary N) is 1. The van der Waals surface area contributed by atoms with E-state index in [1.165, 1.54) is 29.2 Å². The lowest BCUT2D eigenvalue weighted by Gasteiger charge is -2.29. The molecule has 1 aliphatic heterocycles. The van der Waals surface area contributed by atoms with Crippen LogP contribution in [0.1, 0.15) is 6.42 Å². The van der Waals surface area contributed by atoms with Crippen LogP contribution in [0.15, 0.2) is 24.3 Å². The molecule has 0 aromatic heterocycles. The van der Waals surface area contributed by atoms with E-state index in [2.05, 4.69) is 5.32 Å². The summed E-state index contributed by atoms with van der Waals surface area (Å²) in [6.45, 7) is 0.996. The number of nitro benzene ring substituents is 1. The predicted octanol–water partition coefficient (Wildman–Crippen LogP) is 1.18. The van der Waals surface area contributed by atoms with Crippen molar-refractivity contribution in [2.75, 3.05) is 44.0 Å². The third kappa shape index (κ3) is 5.40. The molecule has 9 nitrogen and oxygen atoms in total. The van der Waals surface area contributed by atoms with Crippen molar-refractivity contribution >= 4 is 27.2 Å². The molecule has 10 heteroatoms. The number of non-ortho nitro benzene ring substituents is 1. The largest absolute Gasteiger partial charge is 0.322 e. The summed E-state index contributed by atoms with van der Waals surface area (Å²) >= 11 is 0. The minimum Gasteiger partial charge on any atom is -0.319 e. The minimum absolute atomic E-state index is 0.0336. The highest BCUT2D eigenvalue weighted by molar-refractivity contribution is 7.91. The molecule has 1 aromatic rings. The summed E-state index contributed by atoms with van der Waals surface area (Å²) < 4.78 is 23.5. The lowest BCUT2D eigenvalue weighted by Crippen LogP contribution is -2.46. The lowest BCUT2D eigenvalue weighted by molar-refractivity contribution is -0.384. The van der Waals surface area contributed by atoms with Crippen LogP contribution in [0.25, 0.3) is 0 Å². The Labute approximate surface area is 146 Å². The van der Waals surface area contributed by atoms with E-state index in [0.717, 1.165) is 0 Å². The fraction of sp³-hybridized carbons (Fsp3) is 0.533. The zero-order chi connectivity index (χ0) is 18.6. The van der Waals surface area contributed by atoms with E-state index in [9.17, 15) is 23.3 Å². The molecular weight excluding hydrogens is 348 g/mol. The smallest absolute Gasteiger partial charge is 0.319 e. The van der Waals surface area contributed by atoms with E-state index >= 15 is 0 Å². The summed E-state index contributed by atoms with van der Waals surface area (Å²) in [7, 11) is 0.635. The Bertz CT molecular complexity index is 733. The van der Waals surface area contributed by atoms with Crippen molar-refractivity contribution in [3.05, 3.63) is 34.4 Å². The molecule has 0 spiro atoms. The number of nitro groups is 1. The van der Waals surface area contributed by atoms with Gasteiger partial charge in [0.2, 0.25) is 0 Å². The summed E-state index contributed by atoms with van der Waals surface area (Å²) in [6, 6.07) is 4.75. The van der Waals surface area contributed by atoms with Crippen molar-refractivity contribution in [1.29, 1.82) is 0 Å². The molecule has 2 rings (SSSR count). The number of nitrogens with zero attached hydrogens (tertiary/aromatic N) is 3. The number of urea groups is 1. The van der Waals surface area contributed by atoms with E-state index in [0.29, 0.717) is 25.2 Å². The van der Waals surface area contributed by atoms with Crippen molar-refractivity contribution in [2.45, 2.75) is 12.5 Å². The molecule has 0 unspecified atom stereocenters. The van der Waals surface area contributed by atoms with Crippen LogP contribution in [0, 0.1) is 10.1 Å². The quantitative estimate of drug-likeness (QED) is 0.594. The van der Waals surface area contributed by atoms with Gasteiger partial charge in [0.05, 0.1) is 16.4 Å². The Hall–Kier alpha value is -2.20. The van der Waals surface area contributed by atoms with Gasteiger partial charge in [-0.25, -0.2) is 13.2 Å². The number of amides is 2. The van der Waals surface area contributed by atoms with Crippen LogP contribution in [0.4, 0.5) is 16.2 Å². The normalized spacial score (nSPS) is 18.9. The highest BCUT2D eigenvalue weighted by Crippen LogP contribution is 2.20. The highest BCUT2D eigenvalue weighted by atomic mass is 32.2. The summed E-state index contributed by atoms with van der Waals surface area (Å²) in [6.07, 6.45) is 0.420. The van der Waals surface area contributed by atoms with E-state index in [1.54, 1.807) is 0 Å². The Morgan fingerprint density at radius 3 is 2.40 bits per heavy atom. The molecule has 1 saturated heterocycles. The third-order valence-corrected chi connectivity index (χ3v) is 5.78. The number of carbonyl (C=O) groups excluding carboxylic acids is 1. The maximum atomic E-state index is 12.6. The van der Waals surface area contributed by atoms with Crippen LogP contribution in [-0.2, 0) is 9.84 Å². The molecule has 1 heterocycles. The number of sulfone groups is 1.